The lowest BCUT2D eigenvalue weighted by atomic mass is 10.1. The van der Waals surface area contributed by atoms with E-state index in [0.717, 1.165) is 29.9 Å². The van der Waals surface area contributed by atoms with Crippen LogP contribution in [-0.2, 0) is 9.53 Å². The minimum Gasteiger partial charge on any atom is -0.494 e. The van der Waals surface area contributed by atoms with Gasteiger partial charge in [-0.2, -0.15) is 0 Å². The standard InChI is InChI=1S/C36H62O4/c1-5-7-9-11-13-15-17-19-21-23-29-38-34-26-27-35(33(31-34)25-28-36(37)40-32(3)4)39-30-24-22-20-18-16-14-12-10-8-6-2/h25-28,31-32H,5-24,29-30H2,1-4H3. The first-order chi connectivity index (χ1) is 19.6. The number of carbonyl (C=O) groups excluding carboxylic acids is 1. The van der Waals surface area contributed by atoms with Crippen molar-refractivity contribution in [3.05, 3.63) is 29.8 Å². The van der Waals surface area contributed by atoms with E-state index in [2.05, 4.69) is 13.8 Å². The van der Waals surface area contributed by atoms with Crippen molar-refractivity contribution < 1.29 is 19.0 Å². The first-order valence-corrected chi connectivity index (χ1v) is 16.8. The Morgan fingerprint density at radius 1 is 0.650 bits per heavy atom. The highest BCUT2D eigenvalue weighted by molar-refractivity contribution is 5.87. The maximum absolute atomic E-state index is 12.1. The summed E-state index contributed by atoms with van der Waals surface area (Å²) in [4.78, 5) is 12.1. The van der Waals surface area contributed by atoms with Crippen molar-refractivity contribution in [3.63, 3.8) is 0 Å². The first kappa shape index (κ1) is 36.1. The van der Waals surface area contributed by atoms with Crippen LogP contribution >= 0.6 is 0 Å². The van der Waals surface area contributed by atoms with Crippen molar-refractivity contribution in [1.29, 1.82) is 0 Å². The molecule has 0 saturated heterocycles. The number of hydrogen-bond acceptors (Lipinski definition) is 4. The topological polar surface area (TPSA) is 44.8 Å². The second-order valence-corrected chi connectivity index (χ2v) is 11.6. The number of esters is 1. The number of unbranched alkanes of at least 4 members (excludes halogenated alkanes) is 18. The molecule has 1 aromatic carbocycles. The molecule has 0 amide bonds. The van der Waals surface area contributed by atoms with Gasteiger partial charge in [0.2, 0.25) is 0 Å². The molecule has 1 aromatic rings. The van der Waals surface area contributed by atoms with Gasteiger partial charge >= 0.3 is 5.97 Å². The zero-order chi connectivity index (χ0) is 29.1. The molecular weight excluding hydrogens is 496 g/mol. The summed E-state index contributed by atoms with van der Waals surface area (Å²) >= 11 is 0. The Kier molecular flexibility index (Phi) is 23.4. The molecular formula is C36H62O4. The SMILES string of the molecule is CCCCCCCCCCCCOc1ccc(OCCCCCCCCCCCC)c(C=CC(=O)OC(C)C)c1. The number of rotatable bonds is 27. The third kappa shape index (κ3) is 20.9. The minimum absolute atomic E-state index is 0.139. The predicted octanol–water partition coefficient (Wildman–Crippen LogP) is 11.3. The average Bonchev–Trinajstić information content (AvgIpc) is 2.93. The van der Waals surface area contributed by atoms with Crippen LogP contribution in [0.5, 0.6) is 11.5 Å². The monoisotopic (exact) mass is 558 g/mol. The molecule has 0 N–H and O–H groups in total. The molecule has 0 heterocycles. The van der Waals surface area contributed by atoms with Crippen molar-refractivity contribution in [1.82, 2.24) is 0 Å². The molecule has 4 heteroatoms. The molecule has 0 fully saturated rings. The van der Waals surface area contributed by atoms with Crippen molar-refractivity contribution in [2.75, 3.05) is 13.2 Å². The fourth-order valence-corrected chi connectivity index (χ4v) is 4.86. The van der Waals surface area contributed by atoms with E-state index >= 15 is 0 Å². The molecule has 1 rings (SSSR count). The van der Waals surface area contributed by atoms with E-state index in [0.29, 0.717) is 13.2 Å². The van der Waals surface area contributed by atoms with Crippen molar-refractivity contribution >= 4 is 12.0 Å². The van der Waals surface area contributed by atoms with Gasteiger partial charge in [0.15, 0.2) is 0 Å². The third-order valence-electron chi connectivity index (χ3n) is 7.25. The van der Waals surface area contributed by atoms with Crippen LogP contribution in [0.3, 0.4) is 0 Å². The van der Waals surface area contributed by atoms with Gasteiger partial charge in [-0.25, -0.2) is 4.79 Å². The van der Waals surface area contributed by atoms with Crippen LogP contribution in [-0.4, -0.2) is 25.3 Å². The Morgan fingerprint density at radius 3 is 1.57 bits per heavy atom. The van der Waals surface area contributed by atoms with Gasteiger partial charge < -0.3 is 14.2 Å². The Bertz CT molecular complexity index is 755. The van der Waals surface area contributed by atoms with E-state index < -0.39 is 0 Å². The highest BCUT2D eigenvalue weighted by atomic mass is 16.5. The summed E-state index contributed by atoms with van der Waals surface area (Å²) in [5, 5.41) is 0. The molecule has 0 aromatic heterocycles. The summed E-state index contributed by atoms with van der Waals surface area (Å²) in [6.07, 6.45) is 29.3. The van der Waals surface area contributed by atoms with Gasteiger partial charge in [0, 0.05) is 11.6 Å². The molecule has 0 spiro atoms. The van der Waals surface area contributed by atoms with E-state index in [-0.39, 0.29) is 12.1 Å². The van der Waals surface area contributed by atoms with Gasteiger partial charge in [-0.1, -0.05) is 129 Å². The Hall–Kier alpha value is -1.97. The highest BCUT2D eigenvalue weighted by Crippen LogP contribution is 2.26. The van der Waals surface area contributed by atoms with Gasteiger partial charge in [-0.05, 0) is 51.0 Å². The molecule has 0 saturated carbocycles. The molecule has 0 aliphatic rings. The summed E-state index contributed by atoms with van der Waals surface area (Å²) in [6, 6.07) is 5.93. The highest BCUT2D eigenvalue weighted by Gasteiger charge is 2.07. The minimum atomic E-state index is -0.340. The molecule has 4 nitrogen and oxygen atoms in total. The maximum Gasteiger partial charge on any atom is 0.331 e. The lowest BCUT2D eigenvalue weighted by molar-refractivity contribution is -0.141. The number of ether oxygens (including phenoxy) is 3. The summed E-state index contributed by atoms with van der Waals surface area (Å²) in [5.41, 5.74) is 0.855. The molecule has 40 heavy (non-hydrogen) atoms. The maximum atomic E-state index is 12.1. The zero-order valence-corrected chi connectivity index (χ0v) is 26.7. The Morgan fingerprint density at radius 2 is 1.10 bits per heavy atom. The molecule has 230 valence electrons. The molecule has 0 bridgehead atoms. The summed E-state index contributed by atoms with van der Waals surface area (Å²) < 4.78 is 17.4. The first-order valence-electron chi connectivity index (χ1n) is 16.8. The number of hydrogen-bond donors (Lipinski definition) is 0. The van der Waals surface area contributed by atoms with Crippen LogP contribution in [0.15, 0.2) is 24.3 Å². The lowest BCUT2D eigenvalue weighted by Crippen LogP contribution is -2.08. The Balaban J connectivity index is 2.41. The summed E-state index contributed by atoms with van der Waals surface area (Å²) in [6.45, 7) is 9.65. The smallest absolute Gasteiger partial charge is 0.331 e. The summed E-state index contributed by atoms with van der Waals surface area (Å²) in [5.74, 6) is 1.27. The fourth-order valence-electron chi connectivity index (χ4n) is 4.86. The van der Waals surface area contributed by atoms with Crippen LogP contribution in [0.25, 0.3) is 6.08 Å². The average molecular weight is 559 g/mol. The molecule has 0 aliphatic heterocycles. The van der Waals surface area contributed by atoms with E-state index in [4.69, 9.17) is 14.2 Å². The number of carbonyl (C=O) groups is 1. The number of benzene rings is 1. The van der Waals surface area contributed by atoms with Gasteiger partial charge in [-0.15, -0.1) is 0 Å². The van der Waals surface area contributed by atoms with Crippen molar-refractivity contribution in [2.45, 2.75) is 162 Å². The quantitative estimate of drug-likeness (QED) is 0.0612. The molecule has 0 unspecified atom stereocenters. The second-order valence-electron chi connectivity index (χ2n) is 11.6. The third-order valence-corrected chi connectivity index (χ3v) is 7.25. The van der Waals surface area contributed by atoms with E-state index in [1.807, 2.05) is 32.0 Å². The van der Waals surface area contributed by atoms with Crippen molar-refractivity contribution in [2.24, 2.45) is 0 Å². The van der Waals surface area contributed by atoms with Crippen LogP contribution in [0.2, 0.25) is 0 Å². The lowest BCUT2D eigenvalue weighted by Gasteiger charge is -2.12. The van der Waals surface area contributed by atoms with Crippen LogP contribution < -0.4 is 9.47 Å². The van der Waals surface area contributed by atoms with Gasteiger partial charge in [0.25, 0.3) is 0 Å². The molecule has 0 atom stereocenters. The van der Waals surface area contributed by atoms with Crippen molar-refractivity contribution in [3.8, 4) is 11.5 Å². The summed E-state index contributed by atoms with van der Waals surface area (Å²) in [7, 11) is 0. The van der Waals surface area contributed by atoms with E-state index in [1.165, 1.54) is 122 Å². The molecule has 0 radical (unpaired) electrons. The molecule has 0 aliphatic carbocycles. The second kappa shape index (κ2) is 26.0. The van der Waals surface area contributed by atoms with Crippen LogP contribution in [0.1, 0.15) is 162 Å². The van der Waals surface area contributed by atoms with E-state index in [1.54, 1.807) is 6.08 Å². The fraction of sp³-hybridized carbons (Fsp3) is 0.750. The predicted molar refractivity (Wildman–Crippen MR) is 171 cm³/mol. The van der Waals surface area contributed by atoms with Gasteiger partial charge in [0.05, 0.1) is 19.3 Å². The van der Waals surface area contributed by atoms with E-state index in [9.17, 15) is 4.79 Å². The Labute approximate surface area is 247 Å². The largest absolute Gasteiger partial charge is 0.494 e. The van der Waals surface area contributed by atoms with Crippen LogP contribution in [0, 0.1) is 0 Å². The van der Waals surface area contributed by atoms with Gasteiger partial charge in [-0.3, -0.25) is 0 Å². The van der Waals surface area contributed by atoms with Crippen LogP contribution in [0.4, 0.5) is 0 Å². The van der Waals surface area contributed by atoms with Gasteiger partial charge in [0.1, 0.15) is 11.5 Å². The zero-order valence-electron chi connectivity index (χ0n) is 26.7. The normalized spacial score (nSPS) is 11.4.